The van der Waals surface area contributed by atoms with Gasteiger partial charge in [-0.3, -0.25) is 9.59 Å². The van der Waals surface area contributed by atoms with Crippen LogP contribution in [0.3, 0.4) is 0 Å². The molecule has 0 aliphatic heterocycles. The van der Waals surface area contributed by atoms with Crippen molar-refractivity contribution in [3.05, 3.63) is 77.9 Å². The minimum Gasteiger partial charge on any atom is -0.493 e. The van der Waals surface area contributed by atoms with Crippen LogP contribution in [0.15, 0.2) is 66.7 Å². The van der Waals surface area contributed by atoms with Gasteiger partial charge in [-0.05, 0) is 49.2 Å². The van der Waals surface area contributed by atoms with Crippen LogP contribution < -0.4 is 25.4 Å². The number of benzene rings is 3. The first kappa shape index (κ1) is 25.6. The molecule has 3 N–H and O–H groups in total. The molecule has 0 aromatic heterocycles. The third-order valence-electron chi connectivity index (χ3n) is 5.19. The summed E-state index contributed by atoms with van der Waals surface area (Å²) in [6.07, 6.45) is 0.472. The van der Waals surface area contributed by atoms with Crippen LogP contribution in [0.2, 0.25) is 0 Å². The predicted molar refractivity (Wildman–Crippen MR) is 140 cm³/mol. The second kappa shape index (κ2) is 12.5. The van der Waals surface area contributed by atoms with Crippen molar-refractivity contribution in [1.82, 2.24) is 0 Å². The zero-order valence-electron chi connectivity index (χ0n) is 20.7. The Balaban J connectivity index is 1.64. The number of hydrogen-bond donors (Lipinski definition) is 3. The molecule has 0 heterocycles. The van der Waals surface area contributed by atoms with Gasteiger partial charge in [0.15, 0.2) is 18.1 Å². The summed E-state index contributed by atoms with van der Waals surface area (Å²) < 4.78 is 11.3. The zero-order valence-corrected chi connectivity index (χ0v) is 20.7. The number of anilines is 3. The maximum Gasteiger partial charge on any atom is 0.262 e. The fraction of sp³-hybridized carbons (Fsp3) is 0.286. The summed E-state index contributed by atoms with van der Waals surface area (Å²) in [6.45, 7) is 6.30. The van der Waals surface area contributed by atoms with Crippen molar-refractivity contribution in [2.45, 2.75) is 33.7 Å². The molecule has 3 rings (SSSR count). The van der Waals surface area contributed by atoms with E-state index in [0.29, 0.717) is 36.1 Å². The largest absolute Gasteiger partial charge is 0.493 e. The molecule has 0 aliphatic rings. The van der Waals surface area contributed by atoms with E-state index < -0.39 is 0 Å². The van der Waals surface area contributed by atoms with Crippen LogP contribution in [0.1, 0.15) is 31.4 Å². The summed E-state index contributed by atoms with van der Waals surface area (Å²) in [5, 5.41) is 9.11. The molecule has 0 atom stereocenters. The van der Waals surface area contributed by atoms with Gasteiger partial charge < -0.3 is 25.4 Å². The number of nitrogens with one attached hydrogen (secondary N) is 3. The van der Waals surface area contributed by atoms with Gasteiger partial charge in [0.25, 0.3) is 5.91 Å². The summed E-state index contributed by atoms with van der Waals surface area (Å²) in [6, 6.07) is 20.7. The van der Waals surface area contributed by atoms with Gasteiger partial charge in [0, 0.05) is 35.6 Å². The summed E-state index contributed by atoms with van der Waals surface area (Å²) in [4.78, 5) is 24.5. The predicted octanol–water partition coefficient (Wildman–Crippen LogP) is 5.62. The Morgan fingerprint density at radius 3 is 2.26 bits per heavy atom. The molecule has 184 valence electrons. The lowest BCUT2D eigenvalue weighted by Gasteiger charge is -2.16. The number of methoxy groups -OCH3 is 1. The van der Waals surface area contributed by atoms with Crippen molar-refractivity contribution in [1.29, 1.82) is 0 Å². The monoisotopic (exact) mass is 475 g/mol. The lowest BCUT2D eigenvalue weighted by molar-refractivity contribution is -0.118. The van der Waals surface area contributed by atoms with Crippen LogP contribution in [-0.4, -0.2) is 25.5 Å². The molecule has 0 saturated heterocycles. The van der Waals surface area contributed by atoms with Gasteiger partial charge in [0.2, 0.25) is 5.91 Å². The van der Waals surface area contributed by atoms with Gasteiger partial charge in [-0.15, -0.1) is 0 Å². The number of carbonyl (C=O) groups excluding carboxylic acids is 2. The van der Waals surface area contributed by atoms with Crippen LogP contribution in [0.5, 0.6) is 11.5 Å². The van der Waals surface area contributed by atoms with E-state index in [4.69, 9.17) is 9.47 Å². The smallest absolute Gasteiger partial charge is 0.262 e. The maximum atomic E-state index is 12.4. The van der Waals surface area contributed by atoms with E-state index in [9.17, 15) is 9.59 Å². The molecule has 0 unspecified atom stereocenters. The van der Waals surface area contributed by atoms with Gasteiger partial charge >= 0.3 is 0 Å². The van der Waals surface area contributed by atoms with E-state index in [2.05, 4.69) is 16.0 Å². The first-order valence-corrected chi connectivity index (χ1v) is 11.6. The van der Waals surface area contributed by atoms with E-state index >= 15 is 0 Å². The van der Waals surface area contributed by atoms with Gasteiger partial charge in [-0.25, -0.2) is 0 Å². The van der Waals surface area contributed by atoms with Gasteiger partial charge in [-0.1, -0.05) is 49.7 Å². The standard InChI is InChI=1S/C28H33N3O4/c1-19(2)15-26(32)31-24-9-6-8-23(16-24)29-17-21-7-5-10-25(34-4)28(21)35-18-27(33)30-22-13-11-20(3)12-14-22/h5-14,16,19,29H,15,17-18H2,1-4H3,(H,30,33)(H,31,32). The quantitative estimate of drug-likeness (QED) is 0.335. The molecule has 0 fully saturated rings. The summed E-state index contributed by atoms with van der Waals surface area (Å²) in [7, 11) is 1.56. The number of rotatable bonds is 11. The summed E-state index contributed by atoms with van der Waals surface area (Å²) in [5.41, 5.74) is 4.25. The Hall–Kier alpha value is -4.00. The van der Waals surface area contributed by atoms with Crippen molar-refractivity contribution >= 4 is 28.9 Å². The SMILES string of the molecule is COc1cccc(CNc2cccc(NC(=O)CC(C)C)c2)c1OCC(=O)Nc1ccc(C)cc1. The van der Waals surface area contributed by atoms with Gasteiger partial charge in [-0.2, -0.15) is 0 Å². The normalized spacial score (nSPS) is 10.5. The number of carbonyl (C=O) groups is 2. The van der Waals surface area contributed by atoms with Crippen LogP contribution >= 0.6 is 0 Å². The molecule has 35 heavy (non-hydrogen) atoms. The Labute approximate surface area is 206 Å². The van der Waals surface area contributed by atoms with E-state index in [-0.39, 0.29) is 18.4 Å². The van der Waals surface area contributed by atoms with Crippen LogP contribution in [0.4, 0.5) is 17.1 Å². The fourth-order valence-electron chi connectivity index (χ4n) is 3.48. The van der Waals surface area contributed by atoms with E-state index in [1.165, 1.54) is 0 Å². The Morgan fingerprint density at radius 2 is 1.54 bits per heavy atom. The number of aryl methyl sites for hydroxylation is 1. The first-order valence-electron chi connectivity index (χ1n) is 11.6. The van der Waals surface area contributed by atoms with E-state index in [1.54, 1.807) is 13.2 Å². The Morgan fingerprint density at radius 1 is 0.857 bits per heavy atom. The number of amides is 2. The molecule has 2 amide bonds. The van der Waals surface area contributed by atoms with E-state index in [1.807, 2.05) is 81.4 Å². The average Bonchev–Trinajstić information content (AvgIpc) is 2.82. The van der Waals surface area contributed by atoms with Crippen molar-refractivity contribution in [3.8, 4) is 11.5 Å². The molecule has 0 radical (unpaired) electrons. The third-order valence-corrected chi connectivity index (χ3v) is 5.19. The van der Waals surface area contributed by atoms with E-state index in [0.717, 1.165) is 22.5 Å². The summed E-state index contributed by atoms with van der Waals surface area (Å²) in [5.74, 6) is 1.07. The Kier molecular flexibility index (Phi) is 9.12. The molecule has 7 heteroatoms. The first-order chi connectivity index (χ1) is 16.8. The van der Waals surface area contributed by atoms with Crippen molar-refractivity contribution in [2.75, 3.05) is 29.7 Å². The number of ether oxygens (including phenoxy) is 2. The van der Waals surface area contributed by atoms with Crippen molar-refractivity contribution in [2.24, 2.45) is 5.92 Å². The van der Waals surface area contributed by atoms with Crippen molar-refractivity contribution in [3.63, 3.8) is 0 Å². The Bertz CT molecular complexity index is 1140. The summed E-state index contributed by atoms with van der Waals surface area (Å²) >= 11 is 0. The molecule has 0 spiro atoms. The highest BCUT2D eigenvalue weighted by atomic mass is 16.5. The third kappa shape index (κ3) is 8.07. The molecule has 0 aliphatic carbocycles. The van der Waals surface area contributed by atoms with Crippen molar-refractivity contribution < 1.29 is 19.1 Å². The molecule has 0 bridgehead atoms. The van der Waals surface area contributed by atoms with Crippen LogP contribution in [-0.2, 0) is 16.1 Å². The topological polar surface area (TPSA) is 88.7 Å². The fourth-order valence-corrected chi connectivity index (χ4v) is 3.48. The number of para-hydroxylation sites is 1. The molecule has 3 aromatic rings. The second-order valence-electron chi connectivity index (χ2n) is 8.73. The molecule has 0 saturated carbocycles. The van der Waals surface area contributed by atoms with Crippen LogP contribution in [0, 0.1) is 12.8 Å². The molecular formula is C28H33N3O4. The van der Waals surface area contributed by atoms with Gasteiger partial charge in [0.05, 0.1) is 7.11 Å². The zero-order chi connectivity index (χ0) is 25.2. The molecule has 3 aromatic carbocycles. The number of hydrogen-bond acceptors (Lipinski definition) is 5. The van der Waals surface area contributed by atoms with Crippen LogP contribution in [0.25, 0.3) is 0 Å². The average molecular weight is 476 g/mol. The molecule has 7 nitrogen and oxygen atoms in total. The highest BCUT2D eigenvalue weighted by Crippen LogP contribution is 2.32. The van der Waals surface area contributed by atoms with Gasteiger partial charge in [0.1, 0.15) is 0 Å². The lowest BCUT2D eigenvalue weighted by Crippen LogP contribution is -2.21. The minimum atomic E-state index is -0.261. The highest BCUT2D eigenvalue weighted by Gasteiger charge is 2.13. The molecular weight excluding hydrogens is 442 g/mol. The lowest BCUT2D eigenvalue weighted by atomic mass is 10.1. The second-order valence-corrected chi connectivity index (χ2v) is 8.73. The maximum absolute atomic E-state index is 12.4. The minimum absolute atomic E-state index is 0.00968. The highest BCUT2D eigenvalue weighted by molar-refractivity contribution is 5.92.